The van der Waals surface area contributed by atoms with Crippen LogP contribution in [-0.4, -0.2) is 43.8 Å². The zero-order valence-corrected chi connectivity index (χ0v) is 14.9. The summed E-state index contributed by atoms with van der Waals surface area (Å²) in [5, 5.41) is 4.46. The maximum atomic E-state index is 12.7. The monoisotopic (exact) mass is 360 g/mol. The molecule has 0 bridgehead atoms. The first kappa shape index (κ1) is 16.2. The first-order chi connectivity index (χ1) is 12.6. The van der Waals surface area contributed by atoms with E-state index in [0.29, 0.717) is 31.9 Å². The highest BCUT2D eigenvalue weighted by molar-refractivity contribution is 5.81. The summed E-state index contributed by atoms with van der Waals surface area (Å²) >= 11 is 0. The van der Waals surface area contributed by atoms with Crippen molar-refractivity contribution < 1.29 is 9.53 Å². The fourth-order valence-electron chi connectivity index (χ4n) is 4.64. The van der Waals surface area contributed by atoms with Crippen LogP contribution in [0.4, 0.5) is 0 Å². The SMILES string of the molecule is O=C(C1CC1)N1CCC2(C1)Cn1c(nn(C3CCCC3)c(=O)c1=O)CO2. The fraction of sp³-hybridized carbons (Fsp3) is 0.778. The third-order valence-corrected chi connectivity index (χ3v) is 6.35. The van der Waals surface area contributed by atoms with Crippen molar-refractivity contribution >= 4 is 5.91 Å². The lowest BCUT2D eigenvalue weighted by Crippen LogP contribution is -2.53. The number of ether oxygens (including phenoxy) is 1. The van der Waals surface area contributed by atoms with Crippen LogP contribution in [0.2, 0.25) is 0 Å². The second-order valence-corrected chi connectivity index (χ2v) is 8.25. The Morgan fingerprint density at radius 2 is 1.85 bits per heavy atom. The van der Waals surface area contributed by atoms with Gasteiger partial charge in [-0.2, -0.15) is 5.10 Å². The predicted octanol–water partition coefficient (Wildman–Crippen LogP) is 0.431. The molecule has 1 aromatic heterocycles. The number of rotatable bonds is 2. The number of amides is 1. The van der Waals surface area contributed by atoms with E-state index in [9.17, 15) is 14.4 Å². The molecule has 3 fully saturated rings. The Morgan fingerprint density at radius 1 is 1.08 bits per heavy atom. The minimum Gasteiger partial charge on any atom is -0.363 e. The van der Waals surface area contributed by atoms with Crippen molar-refractivity contribution in [3.8, 4) is 0 Å². The highest BCUT2D eigenvalue weighted by Crippen LogP contribution is 2.36. The van der Waals surface area contributed by atoms with Crippen LogP contribution in [0.25, 0.3) is 0 Å². The first-order valence-electron chi connectivity index (χ1n) is 9.72. The standard InChI is InChI=1S/C18H24N4O4/c23-15(12-5-6-12)20-8-7-18(10-20)11-21-14(9-26-18)19-22(17(25)16(21)24)13-3-1-2-4-13/h12-13H,1-11H2. The van der Waals surface area contributed by atoms with Gasteiger partial charge in [0.15, 0.2) is 5.82 Å². The molecule has 3 heterocycles. The molecule has 0 N–H and O–H groups in total. The van der Waals surface area contributed by atoms with Crippen molar-refractivity contribution in [2.45, 2.75) is 69.7 Å². The summed E-state index contributed by atoms with van der Waals surface area (Å²) in [5.41, 5.74) is -1.59. The van der Waals surface area contributed by atoms with Gasteiger partial charge in [0.1, 0.15) is 12.2 Å². The lowest BCUT2D eigenvalue weighted by atomic mass is 10.0. The van der Waals surface area contributed by atoms with Gasteiger partial charge in [0.05, 0.1) is 19.1 Å². The molecule has 1 atom stereocenters. The van der Waals surface area contributed by atoms with Gasteiger partial charge in [-0.25, -0.2) is 4.68 Å². The van der Waals surface area contributed by atoms with E-state index in [1.165, 1.54) is 9.25 Å². The molecule has 1 spiro atoms. The molecule has 1 aromatic rings. The number of hydrogen-bond acceptors (Lipinski definition) is 5. The molecule has 2 saturated carbocycles. The van der Waals surface area contributed by atoms with Gasteiger partial charge < -0.3 is 9.64 Å². The molecule has 1 saturated heterocycles. The molecule has 8 heteroatoms. The Morgan fingerprint density at radius 3 is 2.58 bits per heavy atom. The number of nitrogens with zero attached hydrogens (tertiary/aromatic N) is 4. The van der Waals surface area contributed by atoms with Gasteiger partial charge in [-0.3, -0.25) is 19.0 Å². The molecule has 8 nitrogen and oxygen atoms in total. The summed E-state index contributed by atoms with van der Waals surface area (Å²) in [6.45, 7) is 1.68. The zero-order chi connectivity index (χ0) is 17.9. The third kappa shape index (κ3) is 2.53. The molecule has 5 rings (SSSR count). The number of carbonyl (C=O) groups is 1. The average molecular weight is 360 g/mol. The molecule has 26 heavy (non-hydrogen) atoms. The Labute approximate surface area is 150 Å². The Hall–Kier alpha value is -1.96. The summed E-state index contributed by atoms with van der Waals surface area (Å²) in [7, 11) is 0. The molecule has 140 valence electrons. The van der Waals surface area contributed by atoms with Crippen LogP contribution in [0, 0.1) is 5.92 Å². The van der Waals surface area contributed by atoms with Crippen LogP contribution < -0.4 is 11.1 Å². The van der Waals surface area contributed by atoms with Gasteiger partial charge >= 0.3 is 11.1 Å². The van der Waals surface area contributed by atoms with E-state index in [1.807, 2.05) is 4.90 Å². The highest BCUT2D eigenvalue weighted by atomic mass is 16.5. The van der Waals surface area contributed by atoms with Crippen molar-refractivity contribution in [3.63, 3.8) is 0 Å². The van der Waals surface area contributed by atoms with E-state index in [2.05, 4.69) is 5.10 Å². The van der Waals surface area contributed by atoms with E-state index < -0.39 is 16.7 Å². The van der Waals surface area contributed by atoms with Crippen molar-refractivity contribution in [2.75, 3.05) is 13.1 Å². The van der Waals surface area contributed by atoms with E-state index in [-0.39, 0.29) is 24.5 Å². The largest absolute Gasteiger partial charge is 0.363 e. The quantitative estimate of drug-likeness (QED) is 0.714. The van der Waals surface area contributed by atoms with Crippen LogP contribution in [0.3, 0.4) is 0 Å². The molecular formula is C18H24N4O4. The second-order valence-electron chi connectivity index (χ2n) is 8.25. The van der Waals surface area contributed by atoms with Gasteiger partial charge in [0.25, 0.3) is 0 Å². The van der Waals surface area contributed by atoms with Gasteiger partial charge in [-0.15, -0.1) is 0 Å². The maximum Gasteiger partial charge on any atom is 0.332 e. The van der Waals surface area contributed by atoms with Gasteiger partial charge in [-0.1, -0.05) is 12.8 Å². The minimum absolute atomic E-state index is 0.0372. The molecule has 2 aliphatic carbocycles. The number of hydrogen-bond donors (Lipinski definition) is 0. The number of aromatic nitrogens is 3. The molecule has 4 aliphatic rings. The van der Waals surface area contributed by atoms with Gasteiger partial charge in [0, 0.05) is 12.5 Å². The number of likely N-dealkylation sites (tertiary alicyclic amines) is 1. The zero-order valence-electron chi connectivity index (χ0n) is 14.9. The van der Waals surface area contributed by atoms with Crippen molar-refractivity contribution in [2.24, 2.45) is 5.92 Å². The lowest BCUT2D eigenvalue weighted by molar-refractivity contribution is -0.134. The van der Waals surface area contributed by atoms with E-state index >= 15 is 0 Å². The Balaban J connectivity index is 1.43. The number of carbonyl (C=O) groups excluding carboxylic acids is 1. The van der Waals surface area contributed by atoms with Crippen molar-refractivity contribution in [3.05, 3.63) is 26.5 Å². The smallest absolute Gasteiger partial charge is 0.332 e. The Bertz CT molecular complexity index is 865. The van der Waals surface area contributed by atoms with Gasteiger partial charge in [0.2, 0.25) is 5.91 Å². The summed E-state index contributed by atoms with van der Waals surface area (Å²) in [6, 6.07) is 0.0372. The predicted molar refractivity (Wildman–Crippen MR) is 91.7 cm³/mol. The van der Waals surface area contributed by atoms with Crippen molar-refractivity contribution in [1.82, 2.24) is 19.2 Å². The normalized spacial score (nSPS) is 28.7. The van der Waals surface area contributed by atoms with Crippen LogP contribution in [0.15, 0.2) is 9.59 Å². The first-order valence-corrected chi connectivity index (χ1v) is 9.72. The Kier molecular flexibility index (Phi) is 3.60. The van der Waals surface area contributed by atoms with Crippen LogP contribution in [0.5, 0.6) is 0 Å². The molecule has 2 aliphatic heterocycles. The van der Waals surface area contributed by atoms with Crippen LogP contribution >= 0.6 is 0 Å². The molecule has 0 radical (unpaired) electrons. The highest BCUT2D eigenvalue weighted by Gasteiger charge is 2.47. The van der Waals surface area contributed by atoms with E-state index in [4.69, 9.17) is 4.74 Å². The summed E-state index contributed by atoms with van der Waals surface area (Å²) < 4.78 is 8.99. The second kappa shape index (κ2) is 5.77. The molecule has 1 amide bonds. The summed E-state index contributed by atoms with van der Waals surface area (Å²) in [6.07, 6.45) is 6.61. The van der Waals surface area contributed by atoms with Crippen molar-refractivity contribution in [1.29, 1.82) is 0 Å². The molecule has 0 aromatic carbocycles. The minimum atomic E-state index is -0.560. The lowest BCUT2D eigenvalue weighted by Gasteiger charge is -2.35. The van der Waals surface area contributed by atoms with Crippen LogP contribution in [0.1, 0.15) is 56.8 Å². The average Bonchev–Trinajstić information content (AvgIpc) is 3.20. The van der Waals surface area contributed by atoms with Gasteiger partial charge in [-0.05, 0) is 32.1 Å². The molecule has 1 unspecified atom stereocenters. The van der Waals surface area contributed by atoms with Crippen LogP contribution in [-0.2, 0) is 22.7 Å². The van der Waals surface area contributed by atoms with E-state index in [0.717, 1.165) is 38.5 Å². The third-order valence-electron chi connectivity index (χ3n) is 6.35. The van der Waals surface area contributed by atoms with E-state index in [1.54, 1.807) is 0 Å². The fourth-order valence-corrected chi connectivity index (χ4v) is 4.64. The number of fused-ring (bicyclic) bond motifs is 1. The molecular weight excluding hydrogens is 336 g/mol. The summed E-state index contributed by atoms with van der Waals surface area (Å²) in [4.78, 5) is 39.5. The maximum absolute atomic E-state index is 12.7. The summed E-state index contributed by atoms with van der Waals surface area (Å²) in [5.74, 6) is 0.918. The topological polar surface area (TPSA) is 86.4 Å².